The molecular formula is C14H13N3O3. The molecular weight excluding hydrogens is 258 g/mol. The van der Waals surface area contributed by atoms with E-state index < -0.39 is 0 Å². The molecule has 0 saturated carbocycles. The summed E-state index contributed by atoms with van der Waals surface area (Å²) in [5, 5.41) is 3.21. The fraction of sp³-hybridized carbons (Fsp3) is 0.286. The van der Waals surface area contributed by atoms with Gasteiger partial charge in [0.1, 0.15) is 6.10 Å². The maximum absolute atomic E-state index is 12.3. The Labute approximate surface area is 115 Å². The second-order valence-corrected chi connectivity index (χ2v) is 5.09. The normalized spacial score (nSPS) is 24.2. The lowest BCUT2D eigenvalue weighted by Crippen LogP contribution is -2.34. The predicted octanol–water partition coefficient (Wildman–Crippen LogP) is 0.0433. The van der Waals surface area contributed by atoms with Crippen LogP contribution in [0.15, 0.2) is 35.5 Å². The van der Waals surface area contributed by atoms with Crippen molar-refractivity contribution < 1.29 is 14.4 Å². The van der Waals surface area contributed by atoms with Crippen LogP contribution in [-0.4, -0.2) is 42.5 Å². The molecule has 0 aliphatic carbocycles. The molecule has 1 atom stereocenters. The third-order valence-corrected chi connectivity index (χ3v) is 3.94. The van der Waals surface area contributed by atoms with Crippen LogP contribution in [0.4, 0.5) is 0 Å². The van der Waals surface area contributed by atoms with E-state index in [0.717, 1.165) is 24.4 Å². The van der Waals surface area contributed by atoms with E-state index in [9.17, 15) is 9.59 Å². The average Bonchev–Trinajstić information content (AvgIpc) is 3.12. The van der Waals surface area contributed by atoms with Crippen molar-refractivity contribution in [1.82, 2.24) is 15.7 Å². The molecule has 1 aromatic carbocycles. The Kier molecular flexibility index (Phi) is 2.42. The molecule has 3 aliphatic rings. The molecule has 1 fully saturated rings. The summed E-state index contributed by atoms with van der Waals surface area (Å²) in [5.41, 5.74) is 5.71. The maximum atomic E-state index is 12.3. The quantitative estimate of drug-likeness (QED) is 0.743. The molecule has 6 nitrogen and oxygen atoms in total. The summed E-state index contributed by atoms with van der Waals surface area (Å²) in [6, 6.07) is 6.91. The van der Waals surface area contributed by atoms with E-state index in [1.807, 2.05) is 0 Å². The molecule has 4 rings (SSSR count). The first-order valence-electron chi connectivity index (χ1n) is 6.55. The Morgan fingerprint density at radius 3 is 2.60 bits per heavy atom. The molecule has 3 aliphatic heterocycles. The second-order valence-electron chi connectivity index (χ2n) is 5.09. The van der Waals surface area contributed by atoms with E-state index in [-0.39, 0.29) is 24.5 Å². The minimum absolute atomic E-state index is 0.0141. The maximum Gasteiger partial charge on any atom is 0.261 e. The number of carbonyl (C=O) groups is 2. The highest BCUT2D eigenvalue weighted by molar-refractivity contribution is 6.21. The number of benzene rings is 1. The van der Waals surface area contributed by atoms with Gasteiger partial charge < -0.3 is 5.32 Å². The summed E-state index contributed by atoms with van der Waals surface area (Å²) in [7, 11) is 0. The molecule has 6 heteroatoms. The van der Waals surface area contributed by atoms with Crippen LogP contribution in [0, 0.1) is 0 Å². The molecule has 3 heterocycles. The Bertz CT molecular complexity index is 618. The van der Waals surface area contributed by atoms with Crippen LogP contribution in [0.1, 0.15) is 20.7 Å². The predicted molar refractivity (Wildman–Crippen MR) is 69.7 cm³/mol. The summed E-state index contributed by atoms with van der Waals surface area (Å²) in [5.74, 6) is -0.482. The van der Waals surface area contributed by atoms with Crippen molar-refractivity contribution in [3.63, 3.8) is 0 Å². The molecule has 1 aromatic rings. The highest BCUT2D eigenvalue weighted by Crippen LogP contribution is 2.26. The zero-order valence-corrected chi connectivity index (χ0v) is 10.7. The number of nitrogens with zero attached hydrogens (tertiary/aromatic N) is 1. The summed E-state index contributed by atoms with van der Waals surface area (Å²) in [6.07, 6.45) is 0.0141. The largest absolute Gasteiger partial charge is 0.310 e. The fourth-order valence-electron chi connectivity index (χ4n) is 2.87. The van der Waals surface area contributed by atoms with Gasteiger partial charge in [-0.15, -0.1) is 0 Å². The van der Waals surface area contributed by atoms with Crippen molar-refractivity contribution in [2.45, 2.75) is 6.10 Å². The average molecular weight is 271 g/mol. The lowest BCUT2D eigenvalue weighted by molar-refractivity contribution is 0.0426. The summed E-state index contributed by atoms with van der Waals surface area (Å²) >= 11 is 0. The molecule has 1 saturated heterocycles. The van der Waals surface area contributed by atoms with Crippen LogP contribution in [0.25, 0.3) is 0 Å². The first-order valence-corrected chi connectivity index (χ1v) is 6.55. The zero-order chi connectivity index (χ0) is 13.7. The van der Waals surface area contributed by atoms with Crippen molar-refractivity contribution in [3.05, 3.63) is 46.7 Å². The van der Waals surface area contributed by atoms with Crippen molar-refractivity contribution in [3.8, 4) is 0 Å². The first kappa shape index (κ1) is 11.6. The van der Waals surface area contributed by atoms with Gasteiger partial charge in [0.15, 0.2) is 0 Å². The topological polar surface area (TPSA) is 70.7 Å². The number of hydrogen-bond donors (Lipinski definition) is 2. The smallest absolute Gasteiger partial charge is 0.261 e. The van der Waals surface area contributed by atoms with E-state index >= 15 is 0 Å². The standard InChI is InChI=1S/C14H13N3O3/c18-13-8-3-1-2-4-9(8)14(19)17(13)7-11-10-5-15-6-12(10)20-16-11/h1-4,12,15-16H,5-7H2/t12-/m0/s1. The van der Waals surface area contributed by atoms with Gasteiger partial charge in [-0.25, -0.2) is 0 Å². The molecule has 2 N–H and O–H groups in total. The third-order valence-electron chi connectivity index (χ3n) is 3.94. The summed E-state index contributed by atoms with van der Waals surface area (Å²) in [4.78, 5) is 31.3. The van der Waals surface area contributed by atoms with Gasteiger partial charge in [-0.05, 0) is 17.7 Å². The van der Waals surface area contributed by atoms with Crippen LogP contribution in [-0.2, 0) is 4.84 Å². The highest BCUT2D eigenvalue weighted by atomic mass is 16.7. The second kappa shape index (κ2) is 4.16. The van der Waals surface area contributed by atoms with Crippen LogP contribution in [0.2, 0.25) is 0 Å². The van der Waals surface area contributed by atoms with Crippen LogP contribution >= 0.6 is 0 Å². The summed E-state index contributed by atoms with van der Waals surface area (Å²) in [6.45, 7) is 1.73. The van der Waals surface area contributed by atoms with Crippen LogP contribution in [0.5, 0.6) is 0 Å². The van der Waals surface area contributed by atoms with Crippen molar-refractivity contribution >= 4 is 11.8 Å². The molecule has 20 heavy (non-hydrogen) atoms. The van der Waals surface area contributed by atoms with Gasteiger partial charge in [0.2, 0.25) is 0 Å². The van der Waals surface area contributed by atoms with E-state index in [4.69, 9.17) is 4.84 Å². The van der Waals surface area contributed by atoms with Gasteiger partial charge in [-0.1, -0.05) is 12.1 Å². The number of amides is 2. The van der Waals surface area contributed by atoms with Crippen molar-refractivity contribution in [1.29, 1.82) is 0 Å². The zero-order valence-electron chi connectivity index (χ0n) is 10.7. The number of carbonyl (C=O) groups excluding carboxylic acids is 2. The Hall–Kier alpha value is -2.18. The Balaban J connectivity index is 1.64. The van der Waals surface area contributed by atoms with Gasteiger partial charge in [0.25, 0.3) is 11.8 Å². The molecule has 0 aromatic heterocycles. The van der Waals surface area contributed by atoms with E-state index in [2.05, 4.69) is 10.8 Å². The summed E-state index contributed by atoms with van der Waals surface area (Å²) < 4.78 is 0. The number of hydrogen-bond acceptors (Lipinski definition) is 5. The van der Waals surface area contributed by atoms with Gasteiger partial charge >= 0.3 is 0 Å². The third kappa shape index (κ3) is 1.52. The van der Waals surface area contributed by atoms with E-state index in [1.54, 1.807) is 24.3 Å². The fourth-order valence-corrected chi connectivity index (χ4v) is 2.87. The monoisotopic (exact) mass is 271 g/mol. The van der Waals surface area contributed by atoms with Crippen LogP contribution in [0.3, 0.4) is 0 Å². The van der Waals surface area contributed by atoms with Crippen molar-refractivity contribution in [2.24, 2.45) is 0 Å². The molecule has 0 radical (unpaired) electrons. The number of nitrogens with one attached hydrogen (secondary N) is 2. The minimum Gasteiger partial charge on any atom is -0.310 e. The molecule has 0 unspecified atom stereocenters. The van der Waals surface area contributed by atoms with Gasteiger partial charge in [0, 0.05) is 13.1 Å². The molecule has 0 spiro atoms. The number of hydroxylamine groups is 1. The van der Waals surface area contributed by atoms with Crippen LogP contribution < -0.4 is 10.8 Å². The van der Waals surface area contributed by atoms with E-state index in [1.165, 1.54) is 4.90 Å². The minimum atomic E-state index is -0.241. The highest BCUT2D eigenvalue weighted by Gasteiger charge is 2.38. The van der Waals surface area contributed by atoms with Gasteiger partial charge in [-0.3, -0.25) is 24.8 Å². The first-order chi connectivity index (χ1) is 9.75. The number of rotatable bonds is 2. The molecule has 2 amide bonds. The molecule has 102 valence electrons. The number of imide groups is 1. The number of fused-ring (bicyclic) bond motifs is 2. The van der Waals surface area contributed by atoms with Gasteiger partial charge in [0.05, 0.1) is 23.4 Å². The SMILES string of the molecule is O=C1c2ccccc2C(=O)N1CC1=C2CNC[C@@H]2ON1. The lowest BCUT2D eigenvalue weighted by Gasteiger charge is -2.15. The Morgan fingerprint density at radius 1 is 1.20 bits per heavy atom. The Morgan fingerprint density at radius 2 is 1.90 bits per heavy atom. The molecule has 0 bridgehead atoms. The lowest BCUT2D eigenvalue weighted by atomic mass is 10.1. The van der Waals surface area contributed by atoms with Crippen molar-refractivity contribution in [2.75, 3.05) is 19.6 Å². The van der Waals surface area contributed by atoms with Gasteiger partial charge in [-0.2, -0.15) is 0 Å². The van der Waals surface area contributed by atoms with E-state index in [0.29, 0.717) is 11.1 Å².